The normalized spacial score (nSPS) is 29.6. The summed E-state index contributed by atoms with van der Waals surface area (Å²) >= 11 is 3.27. The van der Waals surface area contributed by atoms with Gasteiger partial charge in [-0.1, -0.05) is 15.9 Å². The van der Waals surface area contributed by atoms with Gasteiger partial charge in [0, 0.05) is 5.33 Å². The van der Waals surface area contributed by atoms with Crippen LogP contribution in [-0.2, 0) is 9.53 Å². The standard InChI is InChI=1S/C10H17BrO3/c1-14-10(13)8-4-2-7(3-5-8)9(12)6-11/h7-9,12H,2-6H2,1H3. The average molecular weight is 265 g/mol. The van der Waals surface area contributed by atoms with Gasteiger partial charge in [0.1, 0.15) is 0 Å². The van der Waals surface area contributed by atoms with E-state index in [9.17, 15) is 9.90 Å². The van der Waals surface area contributed by atoms with Crippen LogP contribution in [0.25, 0.3) is 0 Å². The molecule has 1 rings (SSSR count). The molecule has 14 heavy (non-hydrogen) atoms. The van der Waals surface area contributed by atoms with Gasteiger partial charge in [-0.25, -0.2) is 0 Å². The molecule has 0 aliphatic heterocycles. The second-order valence-corrected chi connectivity index (χ2v) is 4.50. The molecule has 1 fully saturated rings. The number of methoxy groups -OCH3 is 1. The molecule has 1 unspecified atom stereocenters. The third-order valence-electron chi connectivity index (χ3n) is 3.01. The average Bonchev–Trinajstić information content (AvgIpc) is 2.27. The van der Waals surface area contributed by atoms with Crippen LogP contribution in [0.15, 0.2) is 0 Å². The van der Waals surface area contributed by atoms with E-state index in [1.165, 1.54) is 7.11 Å². The zero-order valence-electron chi connectivity index (χ0n) is 8.41. The summed E-state index contributed by atoms with van der Waals surface area (Å²) in [5.74, 6) is 0.297. The molecule has 4 heteroatoms. The van der Waals surface area contributed by atoms with Crippen molar-refractivity contribution in [1.29, 1.82) is 0 Å². The minimum Gasteiger partial charge on any atom is -0.469 e. The zero-order valence-corrected chi connectivity index (χ0v) is 10.00. The van der Waals surface area contributed by atoms with E-state index in [0.29, 0.717) is 11.2 Å². The Morgan fingerprint density at radius 1 is 1.50 bits per heavy atom. The molecule has 0 heterocycles. The molecule has 0 saturated heterocycles. The highest BCUT2D eigenvalue weighted by atomic mass is 79.9. The van der Waals surface area contributed by atoms with Gasteiger partial charge < -0.3 is 9.84 Å². The van der Waals surface area contributed by atoms with Gasteiger partial charge in [0.15, 0.2) is 0 Å². The van der Waals surface area contributed by atoms with Crippen molar-refractivity contribution in [2.45, 2.75) is 31.8 Å². The van der Waals surface area contributed by atoms with Crippen molar-refractivity contribution in [3.63, 3.8) is 0 Å². The molecule has 0 spiro atoms. The summed E-state index contributed by atoms with van der Waals surface area (Å²) in [5, 5.41) is 10.2. The van der Waals surface area contributed by atoms with Gasteiger partial charge in [-0.3, -0.25) is 4.79 Å². The maximum absolute atomic E-state index is 11.2. The van der Waals surface area contributed by atoms with Crippen LogP contribution in [0.1, 0.15) is 25.7 Å². The molecule has 0 aromatic heterocycles. The number of rotatable bonds is 3. The van der Waals surface area contributed by atoms with Crippen LogP contribution in [-0.4, -0.2) is 29.6 Å². The van der Waals surface area contributed by atoms with Gasteiger partial charge in [0.05, 0.1) is 19.1 Å². The second-order valence-electron chi connectivity index (χ2n) is 3.86. The van der Waals surface area contributed by atoms with E-state index < -0.39 is 0 Å². The van der Waals surface area contributed by atoms with Crippen LogP contribution in [0.4, 0.5) is 0 Å². The molecule has 1 saturated carbocycles. The largest absolute Gasteiger partial charge is 0.469 e. The lowest BCUT2D eigenvalue weighted by Crippen LogP contribution is -2.29. The second kappa shape index (κ2) is 5.71. The summed E-state index contributed by atoms with van der Waals surface area (Å²) in [6, 6.07) is 0. The summed E-state index contributed by atoms with van der Waals surface area (Å²) < 4.78 is 4.70. The predicted octanol–water partition coefficient (Wildman–Crippen LogP) is 1.72. The van der Waals surface area contributed by atoms with E-state index in [0.717, 1.165) is 25.7 Å². The first-order chi connectivity index (χ1) is 6.69. The van der Waals surface area contributed by atoms with Gasteiger partial charge >= 0.3 is 5.97 Å². The monoisotopic (exact) mass is 264 g/mol. The van der Waals surface area contributed by atoms with E-state index >= 15 is 0 Å². The number of halogens is 1. The third kappa shape index (κ3) is 2.95. The van der Waals surface area contributed by atoms with Crippen LogP contribution < -0.4 is 0 Å². The van der Waals surface area contributed by atoms with Crippen molar-refractivity contribution >= 4 is 21.9 Å². The molecular weight excluding hydrogens is 248 g/mol. The number of aliphatic hydroxyl groups excluding tert-OH is 1. The molecular formula is C10H17BrO3. The Kier molecular flexibility index (Phi) is 4.89. The fraction of sp³-hybridized carbons (Fsp3) is 0.900. The summed E-state index contributed by atoms with van der Waals surface area (Å²) in [6.45, 7) is 0. The van der Waals surface area contributed by atoms with Crippen molar-refractivity contribution in [3.8, 4) is 0 Å². The summed E-state index contributed by atoms with van der Waals surface area (Å²) in [7, 11) is 1.43. The molecule has 82 valence electrons. The Balaban J connectivity index is 2.34. The minimum atomic E-state index is -0.270. The van der Waals surface area contributed by atoms with E-state index in [-0.39, 0.29) is 18.0 Å². The fourth-order valence-corrected chi connectivity index (χ4v) is 2.56. The maximum atomic E-state index is 11.2. The number of alkyl halides is 1. The highest BCUT2D eigenvalue weighted by molar-refractivity contribution is 9.09. The Morgan fingerprint density at radius 2 is 2.07 bits per heavy atom. The zero-order chi connectivity index (χ0) is 10.6. The van der Waals surface area contributed by atoms with Crippen molar-refractivity contribution in [1.82, 2.24) is 0 Å². The van der Waals surface area contributed by atoms with Crippen LogP contribution in [0.3, 0.4) is 0 Å². The number of ether oxygens (including phenoxy) is 1. The topological polar surface area (TPSA) is 46.5 Å². The van der Waals surface area contributed by atoms with Gasteiger partial charge in [0.2, 0.25) is 0 Å². The van der Waals surface area contributed by atoms with Crippen LogP contribution >= 0.6 is 15.9 Å². The van der Waals surface area contributed by atoms with Crippen LogP contribution in [0.5, 0.6) is 0 Å². The SMILES string of the molecule is COC(=O)C1CCC(C(O)CBr)CC1. The number of carbonyl (C=O) groups excluding carboxylic acids is 1. The third-order valence-corrected chi connectivity index (χ3v) is 3.67. The number of esters is 1. The quantitative estimate of drug-likeness (QED) is 0.624. The van der Waals surface area contributed by atoms with E-state index in [2.05, 4.69) is 15.9 Å². The van der Waals surface area contributed by atoms with Crippen molar-refractivity contribution in [2.24, 2.45) is 11.8 Å². The summed E-state index contributed by atoms with van der Waals surface area (Å²) in [5.41, 5.74) is 0. The molecule has 0 aromatic carbocycles. The number of hydrogen-bond acceptors (Lipinski definition) is 3. The van der Waals surface area contributed by atoms with Gasteiger partial charge in [-0.2, -0.15) is 0 Å². The molecule has 0 bridgehead atoms. The van der Waals surface area contributed by atoms with Crippen LogP contribution in [0, 0.1) is 11.8 Å². The highest BCUT2D eigenvalue weighted by Crippen LogP contribution is 2.31. The van der Waals surface area contributed by atoms with Crippen molar-refractivity contribution in [3.05, 3.63) is 0 Å². The predicted molar refractivity (Wildman–Crippen MR) is 57.3 cm³/mol. The number of carbonyl (C=O) groups is 1. The molecule has 0 radical (unpaired) electrons. The molecule has 1 aliphatic rings. The number of hydrogen-bond donors (Lipinski definition) is 1. The van der Waals surface area contributed by atoms with Gasteiger partial charge in [0.25, 0.3) is 0 Å². The molecule has 0 aromatic rings. The molecule has 0 amide bonds. The van der Waals surface area contributed by atoms with Crippen molar-refractivity contribution in [2.75, 3.05) is 12.4 Å². The lowest BCUT2D eigenvalue weighted by atomic mass is 9.80. The first kappa shape index (κ1) is 12.0. The Labute approximate surface area is 93.0 Å². The van der Waals surface area contributed by atoms with Crippen LogP contribution in [0.2, 0.25) is 0 Å². The lowest BCUT2D eigenvalue weighted by Gasteiger charge is -2.29. The van der Waals surface area contributed by atoms with E-state index in [4.69, 9.17) is 4.74 Å². The van der Waals surface area contributed by atoms with Gasteiger partial charge in [-0.15, -0.1) is 0 Å². The molecule has 1 aliphatic carbocycles. The van der Waals surface area contributed by atoms with Gasteiger partial charge in [-0.05, 0) is 31.6 Å². The minimum absolute atomic E-state index is 0.0544. The Morgan fingerprint density at radius 3 is 2.50 bits per heavy atom. The lowest BCUT2D eigenvalue weighted by molar-refractivity contribution is -0.147. The smallest absolute Gasteiger partial charge is 0.308 e. The van der Waals surface area contributed by atoms with Crippen molar-refractivity contribution < 1.29 is 14.6 Å². The molecule has 3 nitrogen and oxygen atoms in total. The number of aliphatic hydroxyl groups is 1. The first-order valence-corrected chi connectivity index (χ1v) is 6.13. The van der Waals surface area contributed by atoms with E-state index in [1.807, 2.05) is 0 Å². The molecule has 1 N–H and O–H groups in total. The Bertz CT molecular complexity index is 188. The summed E-state index contributed by atoms with van der Waals surface area (Å²) in [4.78, 5) is 11.2. The maximum Gasteiger partial charge on any atom is 0.308 e. The van der Waals surface area contributed by atoms with E-state index in [1.54, 1.807) is 0 Å². The highest BCUT2D eigenvalue weighted by Gasteiger charge is 2.29. The fourth-order valence-electron chi connectivity index (χ4n) is 2.03. The molecule has 1 atom stereocenters. The summed E-state index contributed by atoms with van der Waals surface area (Å²) in [6.07, 6.45) is 3.27. The Hall–Kier alpha value is -0.0900. The first-order valence-electron chi connectivity index (χ1n) is 5.01.